The molecule has 0 radical (unpaired) electrons. The molecule has 1 aliphatic carbocycles. The summed E-state index contributed by atoms with van der Waals surface area (Å²) in [6.45, 7) is 1.51. The van der Waals surface area contributed by atoms with Gasteiger partial charge in [0.1, 0.15) is 12.6 Å². The maximum Gasteiger partial charge on any atom is 0.264 e. The van der Waals surface area contributed by atoms with Crippen molar-refractivity contribution in [3.63, 3.8) is 0 Å². The molecular weight excluding hydrogens is 698 g/mol. The van der Waals surface area contributed by atoms with Crippen molar-refractivity contribution in [2.75, 3.05) is 10.8 Å². The normalized spacial score (nSPS) is 14.3. The lowest BCUT2D eigenvalue weighted by atomic mass is 9.94. The molecule has 10 heteroatoms. The maximum atomic E-state index is 14.7. The van der Waals surface area contributed by atoms with Crippen LogP contribution in [0.4, 0.5) is 5.69 Å². The minimum Gasteiger partial charge on any atom is -0.352 e. The van der Waals surface area contributed by atoms with Crippen molar-refractivity contribution >= 4 is 55.1 Å². The summed E-state index contributed by atoms with van der Waals surface area (Å²) in [6, 6.07) is 29.2. The van der Waals surface area contributed by atoms with Crippen LogP contribution < -0.4 is 9.62 Å². The van der Waals surface area contributed by atoms with E-state index in [-0.39, 0.29) is 29.8 Å². The van der Waals surface area contributed by atoms with Gasteiger partial charge in [-0.1, -0.05) is 107 Å². The van der Waals surface area contributed by atoms with Gasteiger partial charge in [-0.15, -0.1) is 0 Å². The Kier molecular flexibility index (Phi) is 11.8. The number of nitrogens with zero attached hydrogens (tertiary/aromatic N) is 2. The van der Waals surface area contributed by atoms with Gasteiger partial charge in [0.25, 0.3) is 10.0 Å². The number of hydrogen-bond acceptors (Lipinski definition) is 4. The first-order valence-electron chi connectivity index (χ1n) is 15.8. The van der Waals surface area contributed by atoms with Crippen molar-refractivity contribution in [1.29, 1.82) is 0 Å². The van der Waals surface area contributed by atoms with Gasteiger partial charge < -0.3 is 10.2 Å². The van der Waals surface area contributed by atoms with Crippen molar-refractivity contribution in [2.24, 2.45) is 0 Å². The highest BCUT2D eigenvalue weighted by atomic mass is 79.9. The maximum absolute atomic E-state index is 14.7. The molecule has 2 amide bonds. The summed E-state index contributed by atoms with van der Waals surface area (Å²) in [7, 11) is -4.20. The van der Waals surface area contributed by atoms with Gasteiger partial charge in [-0.25, -0.2) is 8.42 Å². The number of halogens is 2. The number of carbonyl (C=O) groups is 2. The highest BCUT2D eigenvalue weighted by molar-refractivity contribution is 9.10. The second-order valence-electron chi connectivity index (χ2n) is 12.0. The van der Waals surface area contributed by atoms with E-state index in [0.717, 1.165) is 57.6 Å². The van der Waals surface area contributed by atoms with E-state index in [2.05, 4.69) is 21.2 Å². The summed E-state index contributed by atoms with van der Waals surface area (Å²) in [4.78, 5) is 30.4. The van der Waals surface area contributed by atoms with E-state index in [4.69, 9.17) is 11.6 Å². The van der Waals surface area contributed by atoms with E-state index in [1.165, 1.54) is 29.2 Å². The Hall–Kier alpha value is -3.66. The SMILES string of the molecule is Cc1ccc(N(CC(=O)N(Cc2cccc(Br)c2)C(Cc2ccccc2)C(=O)NC2CCCCC2)S(=O)(=O)c2ccc(Cl)cc2)cc1. The first kappa shape index (κ1) is 34.7. The predicted octanol–water partition coefficient (Wildman–Crippen LogP) is 7.70. The molecule has 0 aromatic heterocycles. The number of nitrogens with one attached hydrogen (secondary N) is 1. The van der Waals surface area contributed by atoms with Crippen LogP contribution >= 0.6 is 27.5 Å². The molecule has 246 valence electrons. The minimum atomic E-state index is -4.20. The Morgan fingerprint density at radius 2 is 1.53 bits per heavy atom. The van der Waals surface area contributed by atoms with E-state index in [0.29, 0.717) is 10.7 Å². The number of anilines is 1. The average Bonchev–Trinajstić information content (AvgIpc) is 3.06. The van der Waals surface area contributed by atoms with Crippen molar-refractivity contribution in [3.05, 3.63) is 129 Å². The number of rotatable bonds is 12. The van der Waals surface area contributed by atoms with Crippen LogP contribution in [-0.2, 0) is 32.6 Å². The molecule has 0 spiro atoms. The van der Waals surface area contributed by atoms with Gasteiger partial charge in [0.05, 0.1) is 10.6 Å². The Balaban J connectivity index is 1.56. The molecule has 0 bridgehead atoms. The summed E-state index contributed by atoms with van der Waals surface area (Å²) >= 11 is 9.61. The molecular formula is C37H39BrClN3O4S. The van der Waals surface area contributed by atoms with Crippen LogP contribution in [0, 0.1) is 6.92 Å². The third-order valence-electron chi connectivity index (χ3n) is 8.47. The molecule has 1 unspecified atom stereocenters. The molecule has 1 aliphatic rings. The number of aryl methyl sites for hydroxylation is 1. The van der Waals surface area contributed by atoms with Crippen LogP contribution in [0.15, 0.2) is 112 Å². The number of hydrogen-bond donors (Lipinski definition) is 1. The van der Waals surface area contributed by atoms with Gasteiger partial charge in [-0.05, 0) is 79.4 Å². The molecule has 5 rings (SSSR count). The third-order valence-corrected chi connectivity index (χ3v) is 11.0. The van der Waals surface area contributed by atoms with Crippen molar-refractivity contribution < 1.29 is 18.0 Å². The fraction of sp³-hybridized carbons (Fsp3) is 0.297. The Morgan fingerprint density at radius 3 is 2.19 bits per heavy atom. The van der Waals surface area contributed by atoms with Crippen LogP contribution in [0.1, 0.15) is 48.8 Å². The summed E-state index contributed by atoms with van der Waals surface area (Å²) < 4.78 is 30.3. The van der Waals surface area contributed by atoms with Crippen LogP contribution in [0.5, 0.6) is 0 Å². The van der Waals surface area contributed by atoms with Gasteiger partial charge >= 0.3 is 0 Å². The van der Waals surface area contributed by atoms with Gasteiger partial charge in [0, 0.05) is 28.5 Å². The summed E-state index contributed by atoms with van der Waals surface area (Å²) in [6.07, 6.45) is 5.29. The fourth-order valence-electron chi connectivity index (χ4n) is 5.90. The molecule has 1 fully saturated rings. The number of carbonyl (C=O) groups excluding carboxylic acids is 2. The van der Waals surface area contributed by atoms with Crippen LogP contribution in [0.2, 0.25) is 5.02 Å². The second kappa shape index (κ2) is 16.0. The van der Waals surface area contributed by atoms with Gasteiger partial charge in [-0.3, -0.25) is 13.9 Å². The van der Waals surface area contributed by atoms with Crippen molar-refractivity contribution in [2.45, 2.75) is 69.0 Å². The van der Waals surface area contributed by atoms with E-state index < -0.39 is 28.5 Å². The smallest absolute Gasteiger partial charge is 0.264 e. The average molecular weight is 737 g/mol. The zero-order chi connectivity index (χ0) is 33.4. The zero-order valence-electron chi connectivity index (χ0n) is 26.3. The van der Waals surface area contributed by atoms with Crippen LogP contribution in [0.25, 0.3) is 0 Å². The highest BCUT2D eigenvalue weighted by Crippen LogP contribution is 2.27. The van der Waals surface area contributed by atoms with Crippen LogP contribution in [0.3, 0.4) is 0 Å². The number of amides is 2. The zero-order valence-corrected chi connectivity index (χ0v) is 29.5. The standard InChI is InChI=1S/C37H39BrClN3O4S/c1-27-15-19-33(20-16-27)42(47(45,46)34-21-17-31(39)18-22-34)26-36(43)41(25-29-11-8-12-30(38)23-29)35(24-28-9-4-2-5-10-28)37(44)40-32-13-6-3-7-14-32/h2,4-5,8-12,15-23,32,35H,3,6-7,13-14,24-26H2,1H3,(H,40,44). The third kappa shape index (κ3) is 9.24. The second-order valence-corrected chi connectivity index (χ2v) is 15.2. The van der Waals surface area contributed by atoms with E-state index in [1.54, 1.807) is 24.3 Å². The Morgan fingerprint density at radius 1 is 0.872 bits per heavy atom. The summed E-state index contributed by atoms with van der Waals surface area (Å²) in [5.41, 5.74) is 2.99. The number of benzene rings is 4. The molecule has 1 atom stereocenters. The summed E-state index contributed by atoms with van der Waals surface area (Å²) in [5.74, 6) is -0.741. The monoisotopic (exact) mass is 735 g/mol. The quantitative estimate of drug-likeness (QED) is 0.162. The molecule has 0 aliphatic heterocycles. The molecule has 1 N–H and O–H groups in total. The molecule has 0 saturated heterocycles. The first-order chi connectivity index (χ1) is 22.6. The van der Waals surface area contributed by atoms with E-state index in [9.17, 15) is 18.0 Å². The predicted molar refractivity (Wildman–Crippen MR) is 191 cm³/mol. The Labute approximate surface area is 291 Å². The van der Waals surface area contributed by atoms with Gasteiger partial charge in [-0.2, -0.15) is 0 Å². The van der Waals surface area contributed by atoms with E-state index >= 15 is 0 Å². The largest absolute Gasteiger partial charge is 0.352 e. The van der Waals surface area contributed by atoms with E-state index in [1.807, 2.05) is 61.5 Å². The molecule has 7 nitrogen and oxygen atoms in total. The van der Waals surface area contributed by atoms with Crippen LogP contribution in [-0.4, -0.2) is 43.8 Å². The van der Waals surface area contributed by atoms with Crippen molar-refractivity contribution in [1.82, 2.24) is 10.2 Å². The minimum absolute atomic E-state index is 0.00434. The topological polar surface area (TPSA) is 86.8 Å². The first-order valence-corrected chi connectivity index (χ1v) is 18.4. The molecule has 4 aromatic carbocycles. The molecule has 1 saturated carbocycles. The fourth-order valence-corrected chi connectivity index (χ4v) is 7.89. The number of sulfonamides is 1. The highest BCUT2D eigenvalue weighted by Gasteiger charge is 2.35. The summed E-state index contributed by atoms with van der Waals surface area (Å²) in [5, 5.41) is 3.64. The van der Waals surface area contributed by atoms with Crippen molar-refractivity contribution in [3.8, 4) is 0 Å². The van der Waals surface area contributed by atoms with Gasteiger partial charge in [0.2, 0.25) is 11.8 Å². The lowest BCUT2D eigenvalue weighted by Gasteiger charge is -2.35. The lowest BCUT2D eigenvalue weighted by Crippen LogP contribution is -2.55. The lowest BCUT2D eigenvalue weighted by molar-refractivity contribution is -0.140. The molecule has 4 aromatic rings. The molecule has 47 heavy (non-hydrogen) atoms. The molecule has 0 heterocycles. The van der Waals surface area contributed by atoms with Gasteiger partial charge in [0.15, 0.2) is 0 Å². The Bertz CT molecular complexity index is 1760.